The Morgan fingerprint density at radius 2 is 2.09 bits per heavy atom. The van der Waals surface area contributed by atoms with Crippen LogP contribution >= 0.6 is 0 Å². The third-order valence-electron chi connectivity index (χ3n) is 4.01. The van der Waals surface area contributed by atoms with Gasteiger partial charge in [-0.3, -0.25) is 9.69 Å². The number of carboxylic acids is 1. The van der Waals surface area contributed by atoms with Crippen LogP contribution in [0.25, 0.3) is 0 Å². The average Bonchev–Trinajstić information content (AvgIpc) is 2.44. The average molecular weight is 313 g/mol. The highest BCUT2D eigenvalue weighted by Gasteiger charge is 2.37. The fourth-order valence-corrected chi connectivity index (χ4v) is 2.85. The standard InChI is InChI=1S/C14H23N3O5/c1-8(18)16-13-10(15)6-11(14(20)21)22-12(13)7-17-4-2-9(19)3-5-17/h6,9-10,12-13,19H,2-5,7,15H2,1H3,(H,16,18)(H,20,21)/t10-,12-,13+/m0/s1. The van der Waals surface area contributed by atoms with Gasteiger partial charge in [0.15, 0.2) is 0 Å². The molecule has 0 aliphatic carbocycles. The molecule has 0 aromatic rings. The molecule has 5 N–H and O–H groups in total. The molecule has 1 saturated heterocycles. The number of likely N-dealkylation sites (tertiary alicyclic amines) is 1. The number of aliphatic hydroxyl groups is 1. The van der Waals surface area contributed by atoms with Gasteiger partial charge in [-0.1, -0.05) is 0 Å². The summed E-state index contributed by atoms with van der Waals surface area (Å²) in [6.07, 6.45) is 1.84. The fourth-order valence-electron chi connectivity index (χ4n) is 2.85. The van der Waals surface area contributed by atoms with Gasteiger partial charge in [0.2, 0.25) is 11.7 Å². The summed E-state index contributed by atoms with van der Waals surface area (Å²) in [5, 5.41) is 21.4. The Morgan fingerprint density at radius 3 is 2.64 bits per heavy atom. The number of aliphatic hydroxyl groups excluding tert-OH is 1. The summed E-state index contributed by atoms with van der Waals surface area (Å²) in [4.78, 5) is 24.6. The number of rotatable bonds is 4. The minimum absolute atomic E-state index is 0.184. The van der Waals surface area contributed by atoms with Crippen LogP contribution < -0.4 is 11.1 Å². The smallest absolute Gasteiger partial charge is 0.370 e. The quantitative estimate of drug-likeness (QED) is 0.505. The van der Waals surface area contributed by atoms with Crippen molar-refractivity contribution < 1.29 is 24.5 Å². The lowest BCUT2D eigenvalue weighted by Crippen LogP contribution is -2.59. The van der Waals surface area contributed by atoms with Gasteiger partial charge in [0.05, 0.1) is 18.2 Å². The molecule has 0 unspecified atom stereocenters. The highest BCUT2D eigenvalue weighted by Crippen LogP contribution is 2.20. The number of aliphatic carboxylic acids is 1. The summed E-state index contributed by atoms with van der Waals surface area (Å²) >= 11 is 0. The van der Waals surface area contributed by atoms with Crippen LogP contribution in [0.5, 0.6) is 0 Å². The summed E-state index contributed by atoms with van der Waals surface area (Å²) in [5.74, 6) is -1.60. The monoisotopic (exact) mass is 313 g/mol. The van der Waals surface area contributed by atoms with Crippen molar-refractivity contribution in [2.75, 3.05) is 19.6 Å². The first-order valence-electron chi connectivity index (χ1n) is 7.41. The van der Waals surface area contributed by atoms with E-state index in [0.29, 0.717) is 32.5 Å². The van der Waals surface area contributed by atoms with E-state index in [1.165, 1.54) is 13.0 Å². The van der Waals surface area contributed by atoms with Gasteiger partial charge in [-0.2, -0.15) is 0 Å². The van der Waals surface area contributed by atoms with Gasteiger partial charge in [-0.05, 0) is 18.9 Å². The third-order valence-corrected chi connectivity index (χ3v) is 4.01. The first kappa shape index (κ1) is 16.7. The Morgan fingerprint density at radius 1 is 1.45 bits per heavy atom. The number of piperidine rings is 1. The molecule has 1 amide bonds. The van der Waals surface area contributed by atoms with E-state index in [2.05, 4.69) is 10.2 Å². The number of carboxylic acid groups (broad SMARTS) is 1. The second-order valence-electron chi connectivity index (χ2n) is 5.83. The number of carbonyl (C=O) groups is 2. The second kappa shape index (κ2) is 7.08. The topological polar surface area (TPSA) is 125 Å². The Bertz CT molecular complexity index is 459. The molecule has 3 atom stereocenters. The molecule has 0 radical (unpaired) electrons. The number of nitrogens with zero attached hydrogens (tertiary/aromatic N) is 1. The normalized spacial score (nSPS) is 30.3. The van der Waals surface area contributed by atoms with Crippen LogP contribution in [-0.4, -0.2) is 70.9 Å². The molecule has 0 bridgehead atoms. The largest absolute Gasteiger partial charge is 0.480 e. The maximum absolute atomic E-state index is 11.3. The van der Waals surface area contributed by atoms with Gasteiger partial charge < -0.3 is 26.0 Å². The molecule has 0 spiro atoms. The molecule has 0 aromatic carbocycles. The summed E-state index contributed by atoms with van der Waals surface area (Å²) < 4.78 is 5.52. The molecule has 2 rings (SSSR count). The number of hydrogen-bond donors (Lipinski definition) is 4. The minimum Gasteiger partial charge on any atom is -0.480 e. The van der Waals surface area contributed by atoms with E-state index in [1.807, 2.05) is 0 Å². The molecule has 124 valence electrons. The van der Waals surface area contributed by atoms with Gasteiger partial charge in [-0.25, -0.2) is 4.79 Å². The Balaban J connectivity index is 2.08. The molecule has 8 nitrogen and oxygen atoms in total. The van der Waals surface area contributed by atoms with Crippen molar-refractivity contribution in [2.45, 2.75) is 44.1 Å². The number of amides is 1. The third kappa shape index (κ3) is 4.19. The predicted octanol–water partition coefficient (Wildman–Crippen LogP) is -1.36. The number of carbonyl (C=O) groups excluding carboxylic acids is 1. The molecule has 22 heavy (non-hydrogen) atoms. The molecule has 2 heterocycles. The van der Waals surface area contributed by atoms with Crippen molar-refractivity contribution in [1.29, 1.82) is 0 Å². The zero-order chi connectivity index (χ0) is 16.3. The van der Waals surface area contributed by atoms with E-state index >= 15 is 0 Å². The Kier molecular flexibility index (Phi) is 5.38. The maximum atomic E-state index is 11.3. The van der Waals surface area contributed by atoms with E-state index in [9.17, 15) is 14.7 Å². The van der Waals surface area contributed by atoms with Crippen LogP contribution in [0.3, 0.4) is 0 Å². The number of nitrogens with one attached hydrogen (secondary N) is 1. The summed E-state index contributed by atoms with van der Waals surface area (Å²) in [7, 11) is 0. The lowest BCUT2D eigenvalue weighted by atomic mass is 9.97. The van der Waals surface area contributed by atoms with Crippen LogP contribution in [-0.2, 0) is 14.3 Å². The zero-order valence-corrected chi connectivity index (χ0v) is 12.6. The van der Waals surface area contributed by atoms with Crippen molar-refractivity contribution in [3.05, 3.63) is 11.8 Å². The minimum atomic E-state index is -1.17. The lowest BCUT2D eigenvalue weighted by molar-refractivity contribution is -0.139. The highest BCUT2D eigenvalue weighted by molar-refractivity contribution is 5.84. The number of hydrogen-bond acceptors (Lipinski definition) is 6. The highest BCUT2D eigenvalue weighted by atomic mass is 16.5. The van der Waals surface area contributed by atoms with E-state index in [0.717, 1.165) is 0 Å². The SMILES string of the molecule is CC(=O)N[C@H]1[C@H](CN2CCC(O)CC2)OC(C(=O)O)=C[C@@H]1N. The van der Waals surface area contributed by atoms with E-state index in [1.54, 1.807) is 0 Å². The number of nitrogens with two attached hydrogens (primary N) is 1. The van der Waals surface area contributed by atoms with Crippen molar-refractivity contribution in [3.8, 4) is 0 Å². The first-order chi connectivity index (χ1) is 10.4. The van der Waals surface area contributed by atoms with E-state index in [-0.39, 0.29) is 17.8 Å². The first-order valence-corrected chi connectivity index (χ1v) is 7.41. The number of ether oxygens (including phenoxy) is 1. The fraction of sp³-hybridized carbons (Fsp3) is 0.714. The molecule has 2 aliphatic rings. The van der Waals surface area contributed by atoms with Gasteiger partial charge in [0, 0.05) is 26.6 Å². The van der Waals surface area contributed by atoms with Crippen LogP contribution in [0.15, 0.2) is 11.8 Å². The van der Waals surface area contributed by atoms with Gasteiger partial charge in [0.1, 0.15) is 6.10 Å². The van der Waals surface area contributed by atoms with Crippen molar-refractivity contribution in [3.63, 3.8) is 0 Å². The predicted molar refractivity (Wildman–Crippen MR) is 77.9 cm³/mol. The molecule has 8 heteroatoms. The summed E-state index contributed by atoms with van der Waals surface area (Å²) in [6.45, 7) is 3.25. The van der Waals surface area contributed by atoms with Crippen LogP contribution in [0.1, 0.15) is 19.8 Å². The van der Waals surface area contributed by atoms with Crippen molar-refractivity contribution in [1.82, 2.24) is 10.2 Å². The van der Waals surface area contributed by atoms with E-state index in [4.69, 9.17) is 15.6 Å². The molecular weight excluding hydrogens is 290 g/mol. The molecule has 2 aliphatic heterocycles. The maximum Gasteiger partial charge on any atom is 0.370 e. The van der Waals surface area contributed by atoms with Gasteiger partial charge >= 0.3 is 5.97 Å². The Hall–Kier alpha value is -1.64. The second-order valence-corrected chi connectivity index (χ2v) is 5.83. The van der Waals surface area contributed by atoms with Crippen LogP contribution in [0.4, 0.5) is 0 Å². The Labute approximate surface area is 128 Å². The van der Waals surface area contributed by atoms with Gasteiger partial charge in [-0.15, -0.1) is 0 Å². The molecule has 1 fully saturated rings. The zero-order valence-electron chi connectivity index (χ0n) is 12.6. The van der Waals surface area contributed by atoms with E-state index < -0.39 is 24.2 Å². The van der Waals surface area contributed by atoms with Crippen LogP contribution in [0, 0.1) is 0 Å². The van der Waals surface area contributed by atoms with Crippen molar-refractivity contribution >= 4 is 11.9 Å². The van der Waals surface area contributed by atoms with Crippen LogP contribution in [0.2, 0.25) is 0 Å². The molecule has 0 aromatic heterocycles. The molecular formula is C14H23N3O5. The summed E-state index contributed by atoms with van der Waals surface area (Å²) in [5.41, 5.74) is 5.98. The molecule has 0 saturated carbocycles. The summed E-state index contributed by atoms with van der Waals surface area (Å²) in [6, 6.07) is -1.10. The van der Waals surface area contributed by atoms with Gasteiger partial charge in [0.25, 0.3) is 0 Å². The lowest BCUT2D eigenvalue weighted by Gasteiger charge is -2.39. The van der Waals surface area contributed by atoms with Crippen molar-refractivity contribution in [2.24, 2.45) is 5.73 Å².